The molecular formula is C24H32N4O4. The summed E-state index contributed by atoms with van der Waals surface area (Å²) in [7, 11) is 2.19. The van der Waals surface area contributed by atoms with Crippen molar-refractivity contribution in [2.45, 2.75) is 31.7 Å². The Kier molecular flexibility index (Phi) is 7.01. The number of benzene rings is 1. The molecule has 0 N–H and O–H groups in total. The Bertz CT molecular complexity index is 873. The Morgan fingerprint density at radius 2 is 1.66 bits per heavy atom. The number of hydrogen-bond donors (Lipinski definition) is 0. The van der Waals surface area contributed by atoms with Gasteiger partial charge in [-0.25, -0.2) is 0 Å². The zero-order valence-corrected chi connectivity index (χ0v) is 18.7. The van der Waals surface area contributed by atoms with Crippen LogP contribution in [-0.4, -0.2) is 98.0 Å². The van der Waals surface area contributed by atoms with Crippen LogP contribution >= 0.6 is 0 Å². The van der Waals surface area contributed by atoms with Gasteiger partial charge >= 0.3 is 0 Å². The fourth-order valence-corrected chi connectivity index (χ4v) is 5.04. The van der Waals surface area contributed by atoms with E-state index in [-0.39, 0.29) is 12.8 Å². The average Bonchev–Trinajstić information content (AvgIpc) is 3.06. The summed E-state index contributed by atoms with van der Waals surface area (Å²) >= 11 is 0. The molecule has 1 aromatic rings. The fraction of sp³-hybridized carbons (Fsp3) is 0.583. The number of amides is 2. The molecule has 1 atom stereocenters. The zero-order valence-electron chi connectivity index (χ0n) is 18.7. The summed E-state index contributed by atoms with van der Waals surface area (Å²) in [6.45, 7) is 7.26. The highest BCUT2D eigenvalue weighted by Gasteiger charge is 2.40. The smallest absolute Gasteiger partial charge is 0.262 e. The van der Waals surface area contributed by atoms with E-state index in [1.54, 1.807) is 12.1 Å². The number of carbonyl (C=O) groups excluding carboxylic acids is 4. The molecule has 0 bridgehead atoms. The molecule has 3 aliphatic rings. The first-order valence-corrected chi connectivity index (χ1v) is 11.6. The molecule has 2 fully saturated rings. The van der Waals surface area contributed by atoms with Gasteiger partial charge in [-0.1, -0.05) is 0 Å². The number of imide groups is 1. The molecule has 4 rings (SSSR count). The molecule has 1 unspecified atom stereocenters. The van der Waals surface area contributed by atoms with E-state index in [0.29, 0.717) is 23.7 Å². The van der Waals surface area contributed by atoms with Gasteiger partial charge in [0.25, 0.3) is 11.8 Å². The number of rotatable bonds is 8. The lowest BCUT2D eigenvalue weighted by Crippen LogP contribution is -2.48. The monoisotopic (exact) mass is 440 g/mol. The predicted octanol–water partition coefficient (Wildman–Crippen LogP) is 1.29. The lowest BCUT2D eigenvalue weighted by atomic mass is 9.96. The maximum atomic E-state index is 12.9. The molecule has 3 aliphatic heterocycles. The Morgan fingerprint density at radius 1 is 0.969 bits per heavy atom. The molecule has 1 aromatic carbocycles. The number of piperidine rings is 1. The maximum Gasteiger partial charge on any atom is 0.262 e. The zero-order chi connectivity index (χ0) is 22.7. The molecule has 3 heterocycles. The summed E-state index contributed by atoms with van der Waals surface area (Å²) in [4.78, 5) is 56.0. The second-order valence-electron chi connectivity index (χ2n) is 9.19. The normalized spacial score (nSPS) is 21.7. The summed E-state index contributed by atoms with van der Waals surface area (Å²) in [5.41, 5.74) is 1.61. The van der Waals surface area contributed by atoms with E-state index in [2.05, 4.69) is 21.7 Å². The van der Waals surface area contributed by atoms with Crippen molar-refractivity contribution in [1.82, 2.24) is 14.7 Å². The summed E-state index contributed by atoms with van der Waals surface area (Å²) in [5, 5.41) is 0. The number of hydrogen-bond acceptors (Lipinski definition) is 7. The van der Waals surface area contributed by atoms with Crippen LogP contribution in [0.15, 0.2) is 18.2 Å². The molecule has 172 valence electrons. The van der Waals surface area contributed by atoms with Gasteiger partial charge in [-0.05, 0) is 63.5 Å². The Labute approximate surface area is 189 Å². The lowest BCUT2D eigenvalue weighted by molar-refractivity contribution is -0.112. The lowest BCUT2D eigenvalue weighted by Gasteiger charge is -2.39. The quantitative estimate of drug-likeness (QED) is 0.445. The number of aldehydes is 2. The van der Waals surface area contributed by atoms with Crippen molar-refractivity contribution in [3.05, 3.63) is 29.3 Å². The number of piperazine rings is 1. The van der Waals surface area contributed by atoms with Gasteiger partial charge < -0.3 is 19.4 Å². The van der Waals surface area contributed by atoms with E-state index in [1.165, 1.54) is 25.9 Å². The Hall–Kier alpha value is -2.58. The van der Waals surface area contributed by atoms with Gasteiger partial charge in [0, 0.05) is 44.8 Å². The highest BCUT2D eigenvalue weighted by Crippen LogP contribution is 2.30. The van der Waals surface area contributed by atoms with Gasteiger partial charge in [-0.3, -0.25) is 19.4 Å². The van der Waals surface area contributed by atoms with Crippen LogP contribution in [-0.2, 0) is 9.59 Å². The largest absolute Gasteiger partial charge is 0.369 e. The first-order valence-electron chi connectivity index (χ1n) is 11.6. The summed E-state index contributed by atoms with van der Waals surface area (Å²) in [6.07, 6.45) is 4.09. The van der Waals surface area contributed by atoms with Crippen LogP contribution in [0.3, 0.4) is 0 Å². The molecular weight excluding hydrogens is 408 g/mol. The first-order chi connectivity index (χ1) is 15.5. The van der Waals surface area contributed by atoms with E-state index in [0.717, 1.165) is 49.2 Å². The number of fused-ring (bicyclic) bond motifs is 1. The van der Waals surface area contributed by atoms with Gasteiger partial charge in [-0.2, -0.15) is 0 Å². The molecule has 0 radical (unpaired) electrons. The minimum Gasteiger partial charge on any atom is -0.369 e. The third kappa shape index (κ3) is 4.61. The number of likely N-dealkylation sites (tertiary alicyclic amines) is 1. The molecule has 8 nitrogen and oxygen atoms in total. The van der Waals surface area contributed by atoms with Crippen LogP contribution in [0.2, 0.25) is 0 Å². The number of carbonyl (C=O) groups is 4. The van der Waals surface area contributed by atoms with Gasteiger partial charge in [-0.15, -0.1) is 0 Å². The molecule has 8 heteroatoms. The summed E-state index contributed by atoms with van der Waals surface area (Å²) in [5.74, 6) is -0.129. The van der Waals surface area contributed by atoms with Crippen LogP contribution in [0.25, 0.3) is 0 Å². The van der Waals surface area contributed by atoms with Crippen LogP contribution in [0.5, 0.6) is 0 Å². The molecule has 32 heavy (non-hydrogen) atoms. The highest BCUT2D eigenvalue weighted by atomic mass is 16.2. The van der Waals surface area contributed by atoms with Gasteiger partial charge in [0.1, 0.15) is 12.6 Å². The SMILES string of the molecule is CN1CCC(CN2CCN(c3ccc4c(c3)C(=O)N(C(C=O)CCC=O)C4=O)CC2)CC1. The van der Waals surface area contributed by atoms with E-state index < -0.39 is 17.9 Å². The third-order valence-electron chi connectivity index (χ3n) is 7.06. The van der Waals surface area contributed by atoms with Crippen LogP contribution in [0, 0.1) is 5.92 Å². The van der Waals surface area contributed by atoms with Crippen molar-refractivity contribution >= 4 is 30.1 Å². The fourth-order valence-electron chi connectivity index (χ4n) is 5.04. The average molecular weight is 441 g/mol. The summed E-state index contributed by atoms with van der Waals surface area (Å²) in [6, 6.07) is 4.46. The van der Waals surface area contributed by atoms with E-state index in [9.17, 15) is 19.2 Å². The first kappa shape index (κ1) is 22.6. The topological polar surface area (TPSA) is 81.2 Å². The van der Waals surface area contributed by atoms with Gasteiger partial charge in [0.05, 0.1) is 17.2 Å². The van der Waals surface area contributed by atoms with Crippen molar-refractivity contribution in [3.8, 4) is 0 Å². The Morgan fingerprint density at radius 3 is 2.31 bits per heavy atom. The van der Waals surface area contributed by atoms with Crippen LogP contribution < -0.4 is 4.90 Å². The second kappa shape index (κ2) is 9.92. The maximum absolute atomic E-state index is 12.9. The van der Waals surface area contributed by atoms with Crippen molar-refractivity contribution < 1.29 is 19.2 Å². The predicted molar refractivity (Wildman–Crippen MR) is 121 cm³/mol. The minimum atomic E-state index is -0.904. The molecule has 0 saturated carbocycles. The summed E-state index contributed by atoms with van der Waals surface area (Å²) < 4.78 is 0. The van der Waals surface area contributed by atoms with Crippen molar-refractivity contribution in [2.75, 3.05) is 57.8 Å². The van der Waals surface area contributed by atoms with E-state index >= 15 is 0 Å². The molecule has 0 aromatic heterocycles. The molecule has 0 aliphatic carbocycles. The van der Waals surface area contributed by atoms with Gasteiger partial charge in [0.2, 0.25) is 0 Å². The van der Waals surface area contributed by atoms with Gasteiger partial charge in [0.15, 0.2) is 0 Å². The second-order valence-corrected chi connectivity index (χ2v) is 9.19. The van der Waals surface area contributed by atoms with Crippen molar-refractivity contribution in [2.24, 2.45) is 5.92 Å². The Balaban J connectivity index is 1.38. The third-order valence-corrected chi connectivity index (χ3v) is 7.06. The highest BCUT2D eigenvalue weighted by molar-refractivity contribution is 6.22. The standard InChI is InChI=1S/C24H32N4O4/c1-25-8-6-18(7-9-25)16-26-10-12-27(13-11-26)19-4-5-21-22(15-19)24(32)28(23(21)31)20(17-30)3-2-14-29/h4-5,14-15,17-18,20H,2-3,6-13,16H2,1H3. The molecule has 2 saturated heterocycles. The van der Waals surface area contributed by atoms with Crippen LogP contribution in [0.1, 0.15) is 46.4 Å². The number of nitrogens with zero attached hydrogens (tertiary/aromatic N) is 4. The molecule has 2 amide bonds. The van der Waals surface area contributed by atoms with Crippen molar-refractivity contribution in [3.63, 3.8) is 0 Å². The number of anilines is 1. The van der Waals surface area contributed by atoms with E-state index in [1.807, 2.05) is 6.07 Å². The molecule has 0 spiro atoms. The van der Waals surface area contributed by atoms with Crippen molar-refractivity contribution in [1.29, 1.82) is 0 Å². The van der Waals surface area contributed by atoms with E-state index in [4.69, 9.17) is 0 Å². The van der Waals surface area contributed by atoms with Crippen LogP contribution in [0.4, 0.5) is 5.69 Å². The minimum absolute atomic E-state index is 0.129.